The largest absolute Gasteiger partial charge is 0.497 e. The van der Waals surface area contributed by atoms with Gasteiger partial charge in [-0.2, -0.15) is 0 Å². The van der Waals surface area contributed by atoms with Gasteiger partial charge in [-0.15, -0.1) is 0 Å². The second-order valence-corrected chi connectivity index (χ2v) is 19.3. The van der Waals surface area contributed by atoms with Gasteiger partial charge in [0.05, 0.1) is 45.2 Å². The van der Waals surface area contributed by atoms with Gasteiger partial charge in [0.25, 0.3) is 0 Å². The van der Waals surface area contributed by atoms with Gasteiger partial charge < -0.3 is 28.8 Å². The lowest BCUT2D eigenvalue weighted by atomic mass is 9.41. The Balaban J connectivity index is 0.977. The molecular formula is C43H67NO6. The van der Waals surface area contributed by atoms with Crippen LogP contribution in [0.5, 0.6) is 11.5 Å². The summed E-state index contributed by atoms with van der Waals surface area (Å²) in [6.07, 6.45) is 10.9. The lowest BCUT2D eigenvalue weighted by molar-refractivity contribution is -0.249. The summed E-state index contributed by atoms with van der Waals surface area (Å²) in [4.78, 5) is 2.45. The Bertz CT molecular complexity index is 1410. The van der Waals surface area contributed by atoms with E-state index in [1.807, 2.05) is 6.07 Å². The summed E-state index contributed by atoms with van der Waals surface area (Å²) in [5.74, 6) is 4.45. The molecule has 5 aliphatic carbocycles. The molecule has 0 bridgehead atoms. The van der Waals surface area contributed by atoms with E-state index < -0.39 is 0 Å². The Hall–Kier alpha value is -1.38. The molecule has 7 heteroatoms. The summed E-state index contributed by atoms with van der Waals surface area (Å²) in [6.45, 7) is 20.4. The first kappa shape index (κ1) is 35.6. The molecule has 0 radical (unpaired) electrons. The van der Waals surface area contributed by atoms with Crippen molar-refractivity contribution in [1.29, 1.82) is 0 Å². The molecular weight excluding hydrogens is 626 g/mol. The van der Waals surface area contributed by atoms with Gasteiger partial charge in [0, 0.05) is 31.1 Å². The summed E-state index contributed by atoms with van der Waals surface area (Å²) >= 11 is 0. The number of rotatable bonds is 8. The number of nitrogens with zero attached hydrogens (tertiary/aromatic N) is 1. The van der Waals surface area contributed by atoms with Crippen molar-refractivity contribution in [2.75, 3.05) is 33.9 Å². The van der Waals surface area contributed by atoms with Gasteiger partial charge >= 0.3 is 0 Å². The zero-order valence-corrected chi connectivity index (χ0v) is 32.6. The van der Waals surface area contributed by atoms with Crippen LogP contribution in [0.1, 0.15) is 112 Å². The van der Waals surface area contributed by atoms with E-state index >= 15 is 0 Å². The van der Waals surface area contributed by atoms with Crippen LogP contribution in [-0.4, -0.2) is 74.6 Å². The Morgan fingerprint density at radius 2 is 1.66 bits per heavy atom. The molecule has 14 atom stereocenters. The van der Waals surface area contributed by atoms with Crippen LogP contribution in [0, 0.1) is 56.7 Å². The second-order valence-electron chi connectivity index (χ2n) is 19.3. The molecule has 1 N–H and O–H groups in total. The molecule has 2 spiro atoms. The van der Waals surface area contributed by atoms with E-state index in [9.17, 15) is 5.11 Å². The van der Waals surface area contributed by atoms with Crippen LogP contribution in [0.2, 0.25) is 0 Å². The quantitative estimate of drug-likeness (QED) is 0.295. The average Bonchev–Trinajstić information content (AvgIpc) is 3.73. The molecule has 5 saturated carbocycles. The van der Waals surface area contributed by atoms with Crippen molar-refractivity contribution in [2.24, 2.45) is 56.7 Å². The minimum Gasteiger partial charge on any atom is -0.497 e. The lowest BCUT2D eigenvalue weighted by Gasteiger charge is -2.64. The van der Waals surface area contributed by atoms with Crippen molar-refractivity contribution >= 4 is 0 Å². The number of aliphatic hydroxyl groups is 1. The van der Waals surface area contributed by atoms with Gasteiger partial charge in [0.15, 0.2) is 6.29 Å². The summed E-state index contributed by atoms with van der Waals surface area (Å²) in [5, 5.41) is 12.5. The predicted octanol–water partition coefficient (Wildman–Crippen LogP) is 8.11. The first-order valence-corrected chi connectivity index (χ1v) is 20.3. The number of ether oxygens (including phenoxy) is 5. The monoisotopic (exact) mass is 693 g/mol. The Morgan fingerprint density at radius 3 is 2.36 bits per heavy atom. The first-order valence-electron chi connectivity index (χ1n) is 20.3. The van der Waals surface area contributed by atoms with Gasteiger partial charge in [0.1, 0.15) is 11.5 Å². The fraction of sp³-hybridized carbons (Fsp3) is 0.860. The van der Waals surface area contributed by atoms with Crippen LogP contribution in [0.3, 0.4) is 0 Å². The molecule has 0 amide bonds. The van der Waals surface area contributed by atoms with E-state index in [1.165, 1.54) is 44.1 Å². The normalized spacial score (nSPS) is 48.3. The topological polar surface area (TPSA) is 69.6 Å². The zero-order valence-electron chi connectivity index (χ0n) is 32.6. The highest BCUT2D eigenvalue weighted by Crippen LogP contribution is 2.89. The van der Waals surface area contributed by atoms with Crippen molar-refractivity contribution in [3.05, 3.63) is 23.8 Å². The molecule has 7 nitrogen and oxygen atoms in total. The van der Waals surface area contributed by atoms with Gasteiger partial charge in [-0.1, -0.05) is 54.9 Å². The van der Waals surface area contributed by atoms with Gasteiger partial charge in [-0.05, 0) is 120 Å². The lowest BCUT2D eigenvalue weighted by Crippen LogP contribution is -2.60. The van der Waals surface area contributed by atoms with Crippen LogP contribution in [0.15, 0.2) is 18.2 Å². The molecule has 7 fully saturated rings. The number of hydrogen-bond acceptors (Lipinski definition) is 7. The fourth-order valence-electron chi connectivity index (χ4n) is 14.5. The van der Waals surface area contributed by atoms with E-state index in [1.54, 1.807) is 14.2 Å². The highest BCUT2D eigenvalue weighted by atomic mass is 16.7. The number of methoxy groups -OCH3 is 2. The minimum absolute atomic E-state index is 0.0168. The van der Waals surface area contributed by atoms with Crippen LogP contribution in [0.4, 0.5) is 0 Å². The smallest absolute Gasteiger partial charge is 0.170 e. The summed E-state index contributed by atoms with van der Waals surface area (Å²) in [5.41, 5.74) is 2.02. The minimum atomic E-state index is -0.375. The molecule has 2 aliphatic heterocycles. The molecule has 1 aromatic rings. The van der Waals surface area contributed by atoms with Crippen molar-refractivity contribution in [3.63, 3.8) is 0 Å². The highest BCUT2D eigenvalue weighted by Gasteiger charge is 2.84. The standard InChI is InChI=1S/C43H67NO6/c1-10-26(2)31-19-27(3)36-37(49-31)38(45)41(7)33-12-11-32-39(4,5)34(13-14-42(32)25-43(33,42)16-15-40(36,41)6)50-35-24-44(17-18-48-35)23-28-20-29(46-8)22-30(21-28)47-9/h20-22,26-27,31-38,45H,10-19,23-25H2,1-9H3/t26?,27-,31?,32+,33?,34?,35+,36+,37?,38+,40?,41-,42?,43?/m1/s1. The van der Waals surface area contributed by atoms with Crippen LogP contribution in [0.25, 0.3) is 0 Å². The number of aliphatic hydroxyl groups excluding tert-OH is 1. The molecule has 50 heavy (non-hydrogen) atoms. The SMILES string of the molecule is CCC(C)C1C[C@@H](C)[C@H]2C(O1)[C@H](O)[C@@]1(C)C3CC[C@H]4C(C)(C)C(O[C@H]5CN(Cc6cc(OC)cc(OC)c6)CCO5)CCC45CC35CCC21C. The van der Waals surface area contributed by atoms with Crippen molar-refractivity contribution in [1.82, 2.24) is 4.90 Å². The Labute approximate surface area is 302 Å². The van der Waals surface area contributed by atoms with Gasteiger partial charge in [-0.3, -0.25) is 4.90 Å². The third kappa shape index (κ3) is 4.91. The van der Waals surface area contributed by atoms with Gasteiger partial charge in [-0.25, -0.2) is 0 Å². The molecule has 1 aromatic carbocycles. The van der Waals surface area contributed by atoms with E-state index in [0.29, 0.717) is 47.0 Å². The van der Waals surface area contributed by atoms with Crippen LogP contribution < -0.4 is 9.47 Å². The summed E-state index contributed by atoms with van der Waals surface area (Å²) < 4.78 is 31.4. The number of fused-ring (bicyclic) bond motifs is 4. The highest BCUT2D eigenvalue weighted by molar-refractivity contribution is 5.38. The van der Waals surface area contributed by atoms with Crippen molar-refractivity contribution in [2.45, 2.75) is 144 Å². The van der Waals surface area contributed by atoms with Crippen molar-refractivity contribution in [3.8, 4) is 11.5 Å². The number of benzene rings is 1. The average molecular weight is 694 g/mol. The fourth-order valence-corrected chi connectivity index (χ4v) is 14.5. The zero-order chi connectivity index (χ0) is 35.4. The predicted molar refractivity (Wildman–Crippen MR) is 195 cm³/mol. The number of morpholine rings is 1. The Morgan fingerprint density at radius 1 is 0.960 bits per heavy atom. The van der Waals surface area contributed by atoms with E-state index in [2.05, 4.69) is 65.5 Å². The molecule has 0 aromatic heterocycles. The third-order valence-electron chi connectivity index (χ3n) is 17.3. The summed E-state index contributed by atoms with van der Waals surface area (Å²) in [6, 6.07) is 6.13. The molecule has 280 valence electrons. The van der Waals surface area contributed by atoms with Crippen molar-refractivity contribution < 1.29 is 28.8 Å². The molecule has 2 saturated heterocycles. The first-order chi connectivity index (χ1) is 23.8. The maximum atomic E-state index is 12.5. The van der Waals surface area contributed by atoms with Crippen LogP contribution >= 0.6 is 0 Å². The van der Waals surface area contributed by atoms with E-state index in [0.717, 1.165) is 50.4 Å². The Kier molecular flexibility index (Phi) is 8.79. The molecule has 8 unspecified atom stereocenters. The van der Waals surface area contributed by atoms with Gasteiger partial charge in [0.2, 0.25) is 0 Å². The van der Waals surface area contributed by atoms with E-state index in [4.69, 9.17) is 23.7 Å². The third-order valence-corrected chi connectivity index (χ3v) is 17.3. The van der Waals surface area contributed by atoms with E-state index in [-0.39, 0.29) is 47.0 Å². The maximum absolute atomic E-state index is 12.5. The molecule has 8 rings (SSSR count). The second kappa shape index (κ2) is 12.3. The summed E-state index contributed by atoms with van der Waals surface area (Å²) in [7, 11) is 3.41. The number of hydrogen-bond donors (Lipinski definition) is 1. The molecule has 2 heterocycles. The molecule has 7 aliphatic rings. The van der Waals surface area contributed by atoms with Crippen LogP contribution in [-0.2, 0) is 20.8 Å². The maximum Gasteiger partial charge on any atom is 0.170 e.